The SMILES string of the molecule is COc1cc(/C=N/NC(=O)Cc2cccc(C(F)(F)F)c2)ccc1OCC(=O)N1CCOCC1. The van der Waals surface area contributed by atoms with E-state index in [0.29, 0.717) is 43.4 Å². The zero-order valence-electron chi connectivity index (χ0n) is 18.4. The standard InChI is InChI=1S/C23H24F3N3O5/c1-32-20-12-17(5-6-19(20)34-15-22(31)29-7-9-33-10-8-29)14-27-28-21(30)13-16-3-2-4-18(11-16)23(24,25)26/h2-6,11-12,14H,7-10,13,15H2,1H3,(H,28,30)/b27-14+. The molecule has 2 amide bonds. The number of ether oxygens (including phenoxy) is 3. The minimum absolute atomic E-state index is 0.143. The van der Waals surface area contributed by atoms with Gasteiger partial charge >= 0.3 is 6.18 Å². The topological polar surface area (TPSA) is 89.5 Å². The van der Waals surface area contributed by atoms with E-state index in [-0.39, 0.29) is 24.5 Å². The van der Waals surface area contributed by atoms with E-state index in [9.17, 15) is 22.8 Å². The highest BCUT2D eigenvalue weighted by atomic mass is 19.4. The summed E-state index contributed by atoms with van der Waals surface area (Å²) in [5.41, 5.74) is 2.26. The number of hydrogen-bond donors (Lipinski definition) is 1. The van der Waals surface area contributed by atoms with Crippen molar-refractivity contribution in [2.75, 3.05) is 40.0 Å². The van der Waals surface area contributed by atoms with E-state index in [1.165, 1.54) is 25.5 Å². The molecule has 8 nitrogen and oxygen atoms in total. The molecule has 1 aliphatic heterocycles. The number of morpholine rings is 1. The average molecular weight is 479 g/mol. The van der Waals surface area contributed by atoms with E-state index in [2.05, 4.69) is 10.5 Å². The maximum absolute atomic E-state index is 12.8. The smallest absolute Gasteiger partial charge is 0.416 e. The number of amides is 2. The molecule has 1 fully saturated rings. The Bertz CT molecular complexity index is 1040. The fourth-order valence-electron chi connectivity index (χ4n) is 3.19. The van der Waals surface area contributed by atoms with Crippen LogP contribution in [0.5, 0.6) is 11.5 Å². The van der Waals surface area contributed by atoms with Crippen LogP contribution in [0.4, 0.5) is 13.2 Å². The Kier molecular flexibility index (Phi) is 8.47. The van der Waals surface area contributed by atoms with Gasteiger partial charge in [-0.3, -0.25) is 9.59 Å². The molecule has 34 heavy (non-hydrogen) atoms. The molecule has 2 aromatic rings. The number of methoxy groups -OCH3 is 1. The summed E-state index contributed by atoms with van der Waals surface area (Å²) < 4.78 is 54.5. The number of rotatable bonds is 8. The van der Waals surface area contributed by atoms with E-state index < -0.39 is 17.6 Å². The van der Waals surface area contributed by atoms with Crippen molar-refractivity contribution in [2.24, 2.45) is 5.10 Å². The number of nitrogens with one attached hydrogen (secondary N) is 1. The molecule has 182 valence electrons. The molecule has 0 radical (unpaired) electrons. The second-order valence-electron chi connectivity index (χ2n) is 7.36. The minimum Gasteiger partial charge on any atom is -0.493 e. The first-order valence-electron chi connectivity index (χ1n) is 10.4. The van der Waals surface area contributed by atoms with Gasteiger partial charge in [0, 0.05) is 13.1 Å². The van der Waals surface area contributed by atoms with Gasteiger partial charge < -0.3 is 19.1 Å². The first-order chi connectivity index (χ1) is 16.3. The Hall–Kier alpha value is -3.60. The summed E-state index contributed by atoms with van der Waals surface area (Å²) in [6.45, 7) is 1.90. The Balaban J connectivity index is 1.53. The first kappa shape index (κ1) is 25.0. The third-order valence-electron chi connectivity index (χ3n) is 4.92. The van der Waals surface area contributed by atoms with E-state index >= 15 is 0 Å². The van der Waals surface area contributed by atoms with Crippen LogP contribution in [0.2, 0.25) is 0 Å². The summed E-state index contributed by atoms with van der Waals surface area (Å²) in [4.78, 5) is 25.9. The van der Waals surface area contributed by atoms with E-state index in [1.54, 1.807) is 23.1 Å². The normalized spacial score (nSPS) is 14.2. The molecule has 0 aliphatic carbocycles. The summed E-state index contributed by atoms with van der Waals surface area (Å²) in [6, 6.07) is 9.42. The van der Waals surface area contributed by atoms with Gasteiger partial charge in [0.15, 0.2) is 18.1 Å². The number of hydrazone groups is 1. The Morgan fingerprint density at radius 1 is 1.15 bits per heavy atom. The highest BCUT2D eigenvalue weighted by Gasteiger charge is 2.30. The molecule has 1 saturated heterocycles. The molecule has 1 N–H and O–H groups in total. The number of nitrogens with zero attached hydrogens (tertiary/aromatic N) is 2. The molecule has 1 heterocycles. The highest BCUT2D eigenvalue weighted by molar-refractivity contribution is 5.84. The lowest BCUT2D eigenvalue weighted by Crippen LogP contribution is -2.43. The predicted molar refractivity (Wildman–Crippen MR) is 117 cm³/mol. The lowest BCUT2D eigenvalue weighted by Gasteiger charge is -2.26. The van der Waals surface area contributed by atoms with Crippen LogP contribution >= 0.6 is 0 Å². The molecule has 0 spiro atoms. The Labute approximate surface area is 194 Å². The van der Waals surface area contributed by atoms with Crippen LogP contribution in [0.15, 0.2) is 47.6 Å². The van der Waals surface area contributed by atoms with Crippen LogP contribution in [-0.2, 0) is 26.9 Å². The molecule has 0 unspecified atom stereocenters. The first-order valence-corrected chi connectivity index (χ1v) is 10.4. The van der Waals surface area contributed by atoms with Crippen molar-refractivity contribution >= 4 is 18.0 Å². The van der Waals surface area contributed by atoms with Gasteiger partial charge in [-0.05, 0) is 35.4 Å². The van der Waals surface area contributed by atoms with Gasteiger partial charge in [-0.1, -0.05) is 18.2 Å². The van der Waals surface area contributed by atoms with Crippen molar-refractivity contribution in [3.63, 3.8) is 0 Å². The number of halogens is 3. The van der Waals surface area contributed by atoms with Gasteiger partial charge in [0.05, 0.1) is 38.5 Å². The molecule has 11 heteroatoms. The third kappa shape index (κ3) is 7.20. The fourth-order valence-corrected chi connectivity index (χ4v) is 3.19. The van der Waals surface area contributed by atoms with Crippen molar-refractivity contribution < 1.29 is 37.0 Å². The Morgan fingerprint density at radius 3 is 2.62 bits per heavy atom. The summed E-state index contributed by atoms with van der Waals surface area (Å²) in [7, 11) is 1.45. The monoisotopic (exact) mass is 479 g/mol. The molecular formula is C23H24F3N3O5. The van der Waals surface area contributed by atoms with Gasteiger partial charge in [-0.25, -0.2) is 5.43 Å². The molecule has 0 bridgehead atoms. The van der Waals surface area contributed by atoms with Crippen LogP contribution in [-0.4, -0.2) is 62.9 Å². The van der Waals surface area contributed by atoms with Gasteiger partial charge in [-0.2, -0.15) is 18.3 Å². The number of benzene rings is 2. The van der Waals surface area contributed by atoms with Crippen molar-refractivity contribution in [3.05, 3.63) is 59.2 Å². The largest absolute Gasteiger partial charge is 0.493 e. The van der Waals surface area contributed by atoms with Crippen LogP contribution in [0.3, 0.4) is 0 Å². The lowest BCUT2D eigenvalue weighted by atomic mass is 10.1. The second kappa shape index (κ2) is 11.5. The number of hydrogen-bond acceptors (Lipinski definition) is 6. The van der Waals surface area contributed by atoms with Crippen LogP contribution in [0.1, 0.15) is 16.7 Å². The fraction of sp³-hybridized carbons (Fsp3) is 0.348. The van der Waals surface area contributed by atoms with Gasteiger partial charge in [-0.15, -0.1) is 0 Å². The quantitative estimate of drug-likeness (QED) is 0.465. The molecule has 0 saturated carbocycles. The van der Waals surface area contributed by atoms with Crippen molar-refractivity contribution in [1.29, 1.82) is 0 Å². The zero-order valence-corrected chi connectivity index (χ0v) is 18.4. The molecule has 1 aliphatic rings. The van der Waals surface area contributed by atoms with Gasteiger partial charge in [0.2, 0.25) is 5.91 Å². The van der Waals surface area contributed by atoms with E-state index in [1.807, 2.05) is 0 Å². The highest BCUT2D eigenvalue weighted by Crippen LogP contribution is 2.30. The summed E-state index contributed by atoms with van der Waals surface area (Å²) >= 11 is 0. The number of alkyl halides is 3. The predicted octanol–water partition coefficient (Wildman–Crippen LogP) is 2.64. The van der Waals surface area contributed by atoms with Crippen LogP contribution in [0, 0.1) is 0 Å². The minimum atomic E-state index is -4.48. The third-order valence-corrected chi connectivity index (χ3v) is 4.92. The molecule has 3 rings (SSSR count). The van der Waals surface area contributed by atoms with Crippen molar-refractivity contribution in [1.82, 2.24) is 10.3 Å². The summed E-state index contributed by atoms with van der Waals surface area (Å²) in [5.74, 6) is 0.0208. The number of carbonyl (C=O) groups excluding carboxylic acids is 2. The maximum Gasteiger partial charge on any atom is 0.416 e. The van der Waals surface area contributed by atoms with E-state index in [4.69, 9.17) is 14.2 Å². The van der Waals surface area contributed by atoms with Gasteiger partial charge in [0.25, 0.3) is 5.91 Å². The van der Waals surface area contributed by atoms with Crippen LogP contribution < -0.4 is 14.9 Å². The molecule has 2 aromatic carbocycles. The molecule has 0 aromatic heterocycles. The average Bonchev–Trinajstić information content (AvgIpc) is 2.83. The molecule has 0 atom stereocenters. The Morgan fingerprint density at radius 2 is 1.91 bits per heavy atom. The molecular weight excluding hydrogens is 455 g/mol. The van der Waals surface area contributed by atoms with Crippen molar-refractivity contribution in [3.8, 4) is 11.5 Å². The summed E-state index contributed by atoms with van der Waals surface area (Å²) in [6.07, 6.45) is -3.38. The van der Waals surface area contributed by atoms with E-state index in [0.717, 1.165) is 12.1 Å². The van der Waals surface area contributed by atoms with Crippen LogP contribution in [0.25, 0.3) is 0 Å². The second-order valence-corrected chi connectivity index (χ2v) is 7.36. The maximum atomic E-state index is 12.8. The van der Waals surface area contributed by atoms with Gasteiger partial charge in [0.1, 0.15) is 0 Å². The van der Waals surface area contributed by atoms with Crippen molar-refractivity contribution in [2.45, 2.75) is 12.6 Å². The number of carbonyl (C=O) groups is 2. The zero-order chi connectivity index (χ0) is 24.6. The summed E-state index contributed by atoms with van der Waals surface area (Å²) in [5, 5.41) is 3.83. The lowest BCUT2D eigenvalue weighted by molar-refractivity contribution is -0.138.